The second-order valence-electron chi connectivity index (χ2n) is 7.34. The van der Waals surface area contributed by atoms with Crippen molar-refractivity contribution >= 4 is 0 Å². The molecular weight excluding hydrogens is 256 g/mol. The van der Waals surface area contributed by atoms with Crippen LogP contribution in [-0.4, -0.2) is 11.7 Å². The summed E-state index contributed by atoms with van der Waals surface area (Å²) in [5.74, 6) is 10.8. The van der Waals surface area contributed by atoms with Gasteiger partial charge in [0.05, 0.1) is 0 Å². The number of rotatable bonds is 11. The number of aliphatic hydroxyl groups excluding tert-OH is 1. The van der Waals surface area contributed by atoms with Crippen LogP contribution in [0.25, 0.3) is 0 Å². The van der Waals surface area contributed by atoms with Gasteiger partial charge in [-0.15, -0.1) is 11.8 Å². The molecule has 2 fully saturated rings. The van der Waals surface area contributed by atoms with Crippen LogP contribution in [0.4, 0.5) is 0 Å². The van der Waals surface area contributed by atoms with Crippen molar-refractivity contribution in [1.82, 2.24) is 0 Å². The molecule has 0 heterocycles. The summed E-state index contributed by atoms with van der Waals surface area (Å²) < 4.78 is 0. The Morgan fingerprint density at radius 2 is 1.67 bits per heavy atom. The molecule has 4 atom stereocenters. The van der Waals surface area contributed by atoms with Gasteiger partial charge in [0.1, 0.15) is 0 Å². The molecule has 0 saturated heterocycles. The Hall–Kier alpha value is -0.480. The highest BCUT2D eigenvalue weighted by Crippen LogP contribution is 2.54. The van der Waals surface area contributed by atoms with E-state index in [-0.39, 0.29) is 0 Å². The lowest BCUT2D eigenvalue weighted by atomic mass is 10.1. The highest BCUT2D eigenvalue weighted by atomic mass is 16.2. The van der Waals surface area contributed by atoms with E-state index in [9.17, 15) is 0 Å². The zero-order chi connectivity index (χ0) is 14.9. The molecule has 0 bridgehead atoms. The van der Waals surface area contributed by atoms with Crippen molar-refractivity contribution in [1.29, 1.82) is 0 Å². The molecule has 0 spiro atoms. The summed E-state index contributed by atoms with van der Waals surface area (Å²) >= 11 is 0. The summed E-state index contributed by atoms with van der Waals surface area (Å²) in [6.45, 7) is 2.63. The van der Waals surface area contributed by atoms with Gasteiger partial charge in [0.25, 0.3) is 0 Å². The van der Waals surface area contributed by atoms with E-state index >= 15 is 0 Å². The van der Waals surface area contributed by atoms with Gasteiger partial charge in [-0.25, -0.2) is 0 Å². The van der Waals surface area contributed by atoms with E-state index in [1.54, 1.807) is 0 Å². The molecule has 120 valence electrons. The van der Waals surface area contributed by atoms with Crippen LogP contribution in [0, 0.1) is 35.5 Å². The lowest BCUT2D eigenvalue weighted by Crippen LogP contribution is -1.88. The molecule has 1 nitrogen and oxygen atoms in total. The second-order valence-corrected chi connectivity index (χ2v) is 7.34. The monoisotopic (exact) mass is 290 g/mol. The van der Waals surface area contributed by atoms with Gasteiger partial charge < -0.3 is 5.11 Å². The molecule has 0 unspecified atom stereocenters. The van der Waals surface area contributed by atoms with Crippen LogP contribution < -0.4 is 0 Å². The maximum Gasteiger partial charge on any atom is 0.0431 e. The van der Waals surface area contributed by atoms with Gasteiger partial charge in [-0.05, 0) is 55.8 Å². The molecule has 2 aliphatic carbocycles. The van der Waals surface area contributed by atoms with E-state index in [2.05, 4.69) is 18.8 Å². The first kappa shape index (κ1) is 16.9. The average Bonchev–Trinajstić information content (AvgIpc) is 3.39. The first-order chi connectivity index (χ1) is 10.3. The van der Waals surface area contributed by atoms with Crippen LogP contribution >= 0.6 is 0 Å². The molecule has 0 aromatic heterocycles. The third-order valence-electron chi connectivity index (χ3n) is 5.37. The van der Waals surface area contributed by atoms with Crippen LogP contribution in [0.1, 0.15) is 84.0 Å². The molecule has 21 heavy (non-hydrogen) atoms. The molecule has 2 rings (SSSR count). The highest BCUT2D eigenvalue weighted by molar-refractivity contribution is 5.05. The fourth-order valence-corrected chi connectivity index (χ4v) is 3.64. The number of aliphatic hydroxyl groups is 1. The predicted molar refractivity (Wildman–Crippen MR) is 89.9 cm³/mol. The fraction of sp³-hybridized carbons (Fsp3) is 0.900. The molecule has 0 aromatic carbocycles. The van der Waals surface area contributed by atoms with Gasteiger partial charge in [0.2, 0.25) is 0 Å². The number of unbranched alkanes of at least 4 members (excludes halogenated alkanes) is 5. The SMILES string of the molecule is CCCCC[C@@H]1C[C@@H]1C[C@H]1C[C@H]1CC#CCCCCCO. The lowest BCUT2D eigenvalue weighted by molar-refractivity contribution is 0.283. The van der Waals surface area contributed by atoms with Gasteiger partial charge in [0.15, 0.2) is 0 Å². The summed E-state index contributed by atoms with van der Waals surface area (Å²) in [6, 6.07) is 0. The Bertz CT molecular complexity index is 337. The Morgan fingerprint density at radius 1 is 0.857 bits per heavy atom. The molecule has 0 aromatic rings. The van der Waals surface area contributed by atoms with E-state index in [1.165, 1.54) is 44.9 Å². The van der Waals surface area contributed by atoms with Gasteiger partial charge in [0, 0.05) is 19.4 Å². The van der Waals surface area contributed by atoms with Crippen molar-refractivity contribution < 1.29 is 5.11 Å². The van der Waals surface area contributed by atoms with E-state index in [0.717, 1.165) is 55.8 Å². The smallest absolute Gasteiger partial charge is 0.0431 e. The molecular formula is C20H34O. The minimum absolute atomic E-state index is 0.331. The third-order valence-corrected chi connectivity index (χ3v) is 5.37. The maximum atomic E-state index is 8.70. The standard InChI is InChI=1S/C20H34O/c1-2-3-8-11-17-14-19(17)16-20-15-18(20)12-9-6-4-5-7-10-13-21/h17-21H,2-5,7-8,10-16H2,1H3/t17-,18-,19-,20-/m1/s1. The van der Waals surface area contributed by atoms with Crippen LogP contribution in [0.15, 0.2) is 0 Å². The summed E-state index contributed by atoms with van der Waals surface area (Å²) in [5.41, 5.74) is 0. The van der Waals surface area contributed by atoms with E-state index < -0.39 is 0 Å². The van der Waals surface area contributed by atoms with Gasteiger partial charge in [-0.2, -0.15) is 0 Å². The minimum atomic E-state index is 0.331. The van der Waals surface area contributed by atoms with Crippen molar-refractivity contribution in [3.63, 3.8) is 0 Å². The van der Waals surface area contributed by atoms with Crippen LogP contribution in [-0.2, 0) is 0 Å². The molecule has 0 radical (unpaired) electrons. The van der Waals surface area contributed by atoms with E-state index in [4.69, 9.17) is 5.11 Å². The normalized spacial score (nSPS) is 29.8. The van der Waals surface area contributed by atoms with Gasteiger partial charge in [-0.1, -0.05) is 39.0 Å². The van der Waals surface area contributed by atoms with Crippen molar-refractivity contribution in [3.05, 3.63) is 0 Å². The Morgan fingerprint density at radius 3 is 2.48 bits per heavy atom. The quantitative estimate of drug-likeness (QED) is 0.411. The van der Waals surface area contributed by atoms with E-state index in [1.807, 2.05) is 0 Å². The zero-order valence-corrected chi connectivity index (χ0v) is 13.9. The summed E-state index contributed by atoms with van der Waals surface area (Å²) in [4.78, 5) is 0. The topological polar surface area (TPSA) is 20.2 Å². The molecule has 1 N–H and O–H groups in total. The first-order valence-corrected chi connectivity index (χ1v) is 9.41. The minimum Gasteiger partial charge on any atom is -0.396 e. The number of hydrogen-bond donors (Lipinski definition) is 1. The van der Waals surface area contributed by atoms with Crippen LogP contribution in [0.3, 0.4) is 0 Å². The van der Waals surface area contributed by atoms with Crippen molar-refractivity contribution in [2.24, 2.45) is 23.7 Å². The van der Waals surface area contributed by atoms with Crippen LogP contribution in [0.5, 0.6) is 0 Å². The van der Waals surface area contributed by atoms with Crippen LogP contribution in [0.2, 0.25) is 0 Å². The van der Waals surface area contributed by atoms with Gasteiger partial charge >= 0.3 is 0 Å². The molecule has 0 aliphatic heterocycles. The Labute approximate surface area is 131 Å². The van der Waals surface area contributed by atoms with Crippen molar-refractivity contribution in [2.45, 2.75) is 84.0 Å². The molecule has 0 amide bonds. The first-order valence-electron chi connectivity index (χ1n) is 9.41. The summed E-state index contributed by atoms with van der Waals surface area (Å²) in [5, 5.41) is 8.70. The summed E-state index contributed by atoms with van der Waals surface area (Å²) in [7, 11) is 0. The zero-order valence-electron chi connectivity index (χ0n) is 13.9. The maximum absolute atomic E-state index is 8.70. The molecule has 2 saturated carbocycles. The summed E-state index contributed by atoms with van der Waals surface area (Å²) in [6.07, 6.45) is 15.7. The van der Waals surface area contributed by atoms with Crippen molar-refractivity contribution in [3.8, 4) is 11.8 Å². The fourth-order valence-electron chi connectivity index (χ4n) is 3.64. The van der Waals surface area contributed by atoms with Crippen molar-refractivity contribution in [2.75, 3.05) is 6.61 Å². The van der Waals surface area contributed by atoms with Gasteiger partial charge in [-0.3, -0.25) is 0 Å². The Balaban J connectivity index is 1.43. The largest absolute Gasteiger partial charge is 0.396 e. The third kappa shape index (κ3) is 6.88. The average molecular weight is 290 g/mol. The lowest BCUT2D eigenvalue weighted by Gasteiger charge is -1.99. The number of hydrogen-bond acceptors (Lipinski definition) is 1. The highest BCUT2D eigenvalue weighted by Gasteiger charge is 2.44. The molecule has 1 heteroatoms. The van der Waals surface area contributed by atoms with E-state index in [0.29, 0.717) is 6.61 Å². The Kier molecular flexibility index (Phi) is 7.65. The molecule has 2 aliphatic rings. The second kappa shape index (κ2) is 9.52. The predicted octanol–water partition coefficient (Wildman–Crippen LogP) is 5.18.